The maximum atomic E-state index is 11.9. The molecule has 2 aromatic carbocycles. The molecule has 0 bridgehead atoms. The third kappa shape index (κ3) is 4.42. The Morgan fingerprint density at radius 2 is 1.92 bits per heavy atom. The minimum absolute atomic E-state index is 0.195. The van der Waals surface area contributed by atoms with Gasteiger partial charge in [0, 0.05) is 11.8 Å². The molecule has 1 N–H and O–H groups in total. The first kappa shape index (κ1) is 17.5. The van der Waals surface area contributed by atoms with Crippen LogP contribution in [0.15, 0.2) is 42.5 Å². The Bertz CT molecular complexity index is 873. The van der Waals surface area contributed by atoms with Crippen LogP contribution in [0.3, 0.4) is 0 Å². The highest BCUT2D eigenvalue weighted by Crippen LogP contribution is 2.32. The largest absolute Gasteiger partial charge is 0.454 e. The number of hydrogen-bond donors (Lipinski definition) is 1. The summed E-state index contributed by atoms with van der Waals surface area (Å²) in [5, 5.41) is 2.74. The van der Waals surface area contributed by atoms with Gasteiger partial charge in [0.15, 0.2) is 18.1 Å². The van der Waals surface area contributed by atoms with E-state index in [4.69, 9.17) is 14.2 Å². The summed E-state index contributed by atoms with van der Waals surface area (Å²) in [5.74, 6) is 0.323. The van der Waals surface area contributed by atoms with Gasteiger partial charge in [-0.15, -0.1) is 0 Å². The van der Waals surface area contributed by atoms with Crippen LogP contribution < -0.4 is 14.8 Å². The first-order valence-electron chi connectivity index (χ1n) is 8.13. The molecule has 0 saturated heterocycles. The van der Waals surface area contributed by atoms with Gasteiger partial charge in [-0.25, -0.2) is 4.79 Å². The molecule has 134 valence electrons. The van der Waals surface area contributed by atoms with Crippen LogP contribution in [0, 0.1) is 13.8 Å². The van der Waals surface area contributed by atoms with E-state index in [0.29, 0.717) is 17.2 Å². The van der Waals surface area contributed by atoms with Gasteiger partial charge >= 0.3 is 5.97 Å². The van der Waals surface area contributed by atoms with Gasteiger partial charge in [-0.2, -0.15) is 0 Å². The number of esters is 1. The molecule has 0 unspecified atom stereocenters. The van der Waals surface area contributed by atoms with Gasteiger partial charge in [0.25, 0.3) is 5.91 Å². The quantitative estimate of drug-likeness (QED) is 0.660. The zero-order valence-electron chi connectivity index (χ0n) is 14.6. The number of hydrogen-bond acceptors (Lipinski definition) is 5. The molecule has 2 aromatic rings. The molecule has 0 fully saturated rings. The van der Waals surface area contributed by atoms with Crippen LogP contribution in [0.5, 0.6) is 11.5 Å². The second-order valence-electron chi connectivity index (χ2n) is 5.92. The molecule has 6 nitrogen and oxygen atoms in total. The molecule has 0 atom stereocenters. The van der Waals surface area contributed by atoms with Gasteiger partial charge in [-0.3, -0.25) is 4.79 Å². The van der Waals surface area contributed by atoms with Crippen molar-refractivity contribution in [3.63, 3.8) is 0 Å². The van der Waals surface area contributed by atoms with E-state index >= 15 is 0 Å². The maximum Gasteiger partial charge on any atom is 0.331 e. The fraction of sp³-hybridized carbons (Fsp3) is 0.200. The van der Waals surface area contributed by atoms with Gasteiger partial charge in [0.1, 0.15) is 0 Å². The first-order chi connectivity index (χ1) is 12.5. The monoisotopic (exact) mass is 353 g/mol. The average molecular weight is 353 g/mol. The maximum absolute atomic E-state index is 11.9. The number of carbonyl (C=O) groups excluding carboxylic acids is 2. The van der Waals surface area contributed by atoms with Crippen molar-refractivity contribution < 1.29 is 23.8 Å². The number of nitrogens with one attached hydrogen (secondary N) is 1. The van der Waals surface area contributed by atoms with Crippen molar-refractivity contribution >= 4 is 23.6 Å². The molecular weight excluding hydrogens is 334 g/mol. The van der Waals surface area contributed by atoms with E-state index in [0.717, 1.165) is 16.7 Å². The van der Waals surface area contributed by atoms with E-state index in [-0.39, 0.29) is 19.3 Å². The molecular formula is C20H19NO5. The van der Waals surface area contributed by atoms with Crippen LogP contribution in [0.2, 0.25) is 0 Å². The predicted octanol–water partition coefficient (Wildman–Crippen LogP) is 3.23. The molecule has 0 spiro atoms. The number of carbonyl (C=O) groups is 2. The van der Waals surface area contributed by atoms with Crippen molar-refractivity contribution in [3.8, 4) is 11.5 Å². The summed E-state index contributed by atoms with van der Waals surface area (Å²) >= 11 is 0. The topological polar surface area (TPSA) is 73.9 Å². The molecule has 26 heavy (non-hydrogen) atoms. The van der Waals surface area contributed by atoms with E-state index in [2.05, 4.69) is 5.32 Å². The SMILES string of the molecule is Cc1ccc(C)c(NC(=O)COC(=O)/C=C/c2ccc3c(c2)OCO3)c1. The Labute approximate surface area is 151 Å². The first-order valence-corrected chi connectivity index (χ1v) is 8.13. The lowest BCUT2D eigenvalue weighted by atomic mass is 10.1. The van der Waals surface area contributed by atoms with Crippen molar-refractivity contribution in [1.82, 2.24) is 0 Å². The van der Waals surface area contributed by atoms with Gasteiger partial charge in [-0.1, -0.05) is 18.2 Å². The molecule has 0 saturated carbocycles. The smallest absolute Gasteiger partial charge is 0.331 e. The third-order valence-electron chi connectivity index (χ3n) is 3.82. The lowest BCUT2D eigenvalue weighted by molar-refractivity contribution is -0.142. The van der Waals surface area contributed by atoms with Crippen molar-refractivity contribution in [2.75, 3.05) is 18.7 Å². The normalized spacial score (nSPS) is 12.2. The molecule has 6 heteroatoms. The van der Waals surface area contributed by atoms with Gasteiger partial charge < -0.3 is 19.5 Å². The van der Waals surface area contributed by atoms with E-state index < -0.39 is 5.97 Å². The Balaban J connectivity index is 1.50. The second-order valence-corrected chi connectivity index (χ2v) is 5.92. The summed E-state index contributed by atoms with van der Waals surface area (Å²) in [6.07, 6.45) is 2.86. The predicted molar refractivity (Wildman–Crippen MR) is 97.1 cm³/mol. The highest BCUT2D eigenvalue weighted by Gasteiger charge is 2.12. The van der Waals surface area contributed by atoms with E-state index in [9.17, 15) is 9.59 Å². The lowest BCUT2D eigenvalue weighted by Crippen LogP contribution is -2.20. The molecule has 3 rings (SSSR count). The molecule has 1 aliphatic heterocycles. The summed E-state index contributed by atoms with van der Waals surface area (Å²) in [4.78, 5) is 23.7. The molecule has 1 heterocycles. The number of amides is 1. The summed E-state index contributed by atoms with van der Waals surface area (Å²) in [6, 6.07) is 11.1. The van der Waals surface area contributed by atoms with E-state index in [1.54, 1.807) is 24.3 Å². The van der Waals surface area contributed by atoms with E-state index in [1.807, 2.05) is 32.0 Å². The van der Waals surface area contributed by atoms with Gasteiger partial charge in [-0.05, 0) is 54.8 Å². The Kier molecular flexibility index (Phi) is 5.22. The zero-order chi connectivity index (χ0) is 18.5. The number of anilines is 1. The van der Waals surface area contributed by atoms with Crippen molar-refractivity contribution in [3.05, 3.63) is 59.2 Å². The summed E-state index contributed by atoms with van der Waals surface area (Å²) < 4.78 is 15.5. The molecule has 0 aromatic heterocycles. The van der Waals surface area contributed by atoms with Crippen molar-refractivity contribution in [2.45, 2.75) is 13.8 Å². The molecule has 1 aliphatic rings. The summed E-state index contributed by atoms with van der Waals surface area (Å²) in [7, 11) is 0. The van der Waals surface area contributed by atoms with Gasteiger partial charge in [0.2, 0.25) is 6.79 Å². The Morgan fingerprint density at radius 3 is 2.77 bits per heavy atom. The Hall–Kier alpha value is -3.28. The van der Waals surface area contributed by atoms with Crippen LogP contribution >= 0.6 is 0 Å². The fourth-order valence-electron chi connectivity index (χ4n) is 2.42. The van der Waals surface area contributed by atoms with Crippen molar-refractivity contribution in [2.24, 2.45) is 0 Å². The fourth-order valence-corrected chi connectivity index (χ4v) is 2.42. The number of ether oxygens (including phenoxy) is 3. The minimum atomic E-state index is -0.598. The molecule has 0 radical (unpaired) electrons. The standard InChI is InChI=1S/C20H19NO5/c1-13-3-4-14(2)16(9-13)21-19(22)11-24-20(23)8-6-15-5-7-17-18(10-15)26-12-25-17/h3-10H,11-12H2,1-2H3,(H,21,22)/b8-6+. The average Bonchev–Trinajstić information content (AvgIpc) is 3.09. The number of benzene rings is 2. The number of fused-ring (bicyclic) bond motifs is 1. The van der Waals surface area contributed by atoms with Crippen molar-refractivity contribution in [1.29, 1.82) is 0 Å². The number of rotatable bonds is 5. The summed E-state index contributed by atoms with van der Waals surface area (Å²) in [5.41, 5.74) is 3.46. The zero-order valence-corrected chi connectivity index (χ0v) is 14.6. The van der Waals surface area contributed by atoms with Crippen LogP contribution in [-0.4, -0.2) is 25.3 Å². The van der Waals surface area contributed by atoms with Gasteiger partial charge in [0.05, 0.1) is 0 Å². The van der Waals surface area contributed by atoms with Crippen LogP contribution in [0.1, 0.15) is 16.7 Å². The van der Waals surface area contributed by atoms with E-state index in [1.165, 1.54) is 6.08 Å². The molecule has 1 amide bonds. The van der Waals surface area contributed by atoms with Crippen LogP contribution in [-0.2, 0) is 14.3 Å². The number of aryl methyl sites for hydroxylation is 2. The lowest BCUT2D eigenvalue weighted by Gasteiger charge is -2.09. The summed E-state index contributed by atoms with van der Waals surface area (Å²) in [6.45, 7) is 3.68. The second kappa shape index (κ2) is 7.74. The third-order valence-corrected chi connectivity index (χ3v) is 3.82. The highest BCUT2D eigenvalue weighted by molar-refractivity contribution is 5.95. The minimum Gasteiger partial charge on any atom is -0.454 e. The van der Waals surface area contributed by atoms with Crippen LogP contribution in [0.4, 0.5) is 5.69 Å². The highest BCUT2D eigenvalue weighted by atomic mass is 16.7. The molecule has 0 aliphatic carbocycles. The van der Waals surface area contributed by atoms with Crippen LogP contribution in [0.25, 0.3) is 6.08 Å². The Morgan fingerprint density at radius 1 is 1.12 bits per heavy atom.